The van der Waals surface area contributed by atoms with E-state index >= 15 is 0 Å². The number of ether oxygens (including phenoxy) is 1. The number of anilines is 2. The minimum atomic E-state index is -0.198. The van der Waals surface area contributed by atoms with Crippen molar-refractivity contribution in [3.63, 3.8) is 0 Å². The lowest BCUT2D eigenvalue weighted by atomic mass is 9.89. The Morgan fingerprint density at radius 1 is 1.27 bits per heavy atom. The summed E-state index contributed by atoms with van der Waals surface area (Å²) < 4.78 is 6.18. The Morgan fingerprint density at radius 3 is 2.77 bits per heavy atom. The van der Waals surface area contributed by atoms with Crippen LogP contribution in [0.15, 0.2) is 12.3 Å². The molecule has 1 aromatic rings. The summed E-state index contributed by atoms with van der Waals surface area (Å²) in [7, 11) is 0. The fourth-order valence-corrected chi connectivity index (χ4v) is 4.59. The Hall–Kier alpha value is -1.89. The van der Waals surface area contributed by atoms with Crippen LogP contribution in [0.1, 0.15) is 44.9 Å². The van der Waals surface area contributed by atoms with Crippen LogP contribution in [0, 0.1) is 5.92 Å². The van der Waals surface area contributed by atoms with Gasteiger partial charge in [-0.2, -0.15) is 4.98 Å². The Labute approximate surface area is 154 Å². The maximum Gasteiger partial charge on any atom is 0.227 e. The fraction of sp³-hybridized carbons (Fsp3) is 0.737. The summed E-state index contributed by atoms with van der Waals surface area (Å²) in [6, 6.07) is 1.70. The molecule has 2 aliphatic heterocycles. The van der Waals surface area contributed by atoms with Gasteiger partial charge in [0, 0.05) is 32.3 Å². The van der Waals surface area contributed by atoms with E-state index in [-0.39, 0.29) is 5.60 Å². The molecular formula is C19H29N5O2. The molecule has 2 N–H and O–H groups in total. The van der Waals surface area contributed by atoms with Gasteiger partial charge < -0.3 is 20.3 Å². The van der Waals surface area contributed by atoms with Crippen LogP contribution in [0.25, 0.3) is 0 Å². The molecule has 0 atom stereocenters. The Bertz CT molecular complexity index is 639. The van der Waals surface area contributed by atoms with Crippen LogP contribution >= 0.6 is 0 Å². The van der Waals surface area contributed by atoms with Crippen molar-refractivity contribution in [3.05, 3.63) is 12.3 Å². The molecule has 7 heteroatoms. The van der Waals surface area contributed by atoms with Crippen LogP contribution in [0.4, 0.5) is 11.8 Å². The summed E-state index contributed by atoms with van der Waals surface area (Å²) >= 11 is 0. The SMILES string of the molecule is Nc1ccnc(N2CCOC3(CCN(C(=O)CC4CCCC4)CC3)C2)n1. The van der Waals surface area contributed by atoms with Crippen molar-refractivity contribution in [1.29, 1.82) is 0 Å². The lowest BCUT2D eigenvalue weighted by Crippen LogP contribution is -2.58. The van der Waals surface area contributed by atoms with E-state index in [1.54, 1.807) is 12.3 Å². The van der Waals surface area contributed by atoms with E-state index < -0.39 is 0 Å². The zero-order chi connectivity index (χ0) is 18.0. The number of nitrogen functional groups attached to an aromatic ring is 1. The number of hydrogen-bond acceptors (Lipinski definition) is 6. The average Bonchev–Trinajstić information content (AvgIpc) is 3.15. The van der Waals surface area contributed by atoms with Crippen LogP contribution in [-0.4, -0.2) is 59.2 Å². The second kappa shape index (κ2) is 7.39. The highest BCUT2D eigenvalue weighted by molar-refractivity contribution is 5.76. The minimum absolute atomic E-state index is 0.198. The number of carbonyl (C=O) groups excluding carboxylic acids is 1. The van der Waals surface area contributed by atoms with E-state index in [9.17, 15) is 4.79 Å². The van der Waals surface area contributed by atoms with Crippen molar-refractivity contribution < 1.29 is 9.53 Å². The van der Waals surface area contributed by atoms with Crippen molar-refractivity contribution >= 4 is 17.7 Å². The fourth-order valence-electron chi connectivity index (χ4n) is 4.59. The molecule has 4 rings (SSSR count). The maximum absolute atomic E-state index is 12.6. The summed E-state index contributed by atoms with van der Waals surface area (Å²) in [5, 5.41) is 0. The molecule has 1 amide bonds. The second-order valence-corrected chi connectivity index (χ2v) is 7.97. The molecule has 0 radical (unpaired) electrons. The van der Waals surface area contributed by atoms with Crippen molar-refractivity contribution in [2.75, 3.05) is 43.4 Å². The quantitative estimate of drug-likeness (QED) is 0.886. The highest BCUT2D eigenvalue weighted by Crippen LogP contribution is 2.33. The number of rotatable bonds is 3. The Kier molecular flexibility index (Phi) is 4.98. The molecule has 1 saturated carbocycles. The number of nitrogens with zero attached hydrogens (tertiary/aromatic N) is 4. The molecule has 1 spiro atoms. The molecular weight excluding hydrogens is 330 g/mol. The Morgan fingerprint density at radius 2 is 2.04 bits per heavy atom. The average molecular weight is 359 g/mol. The molecule has 0 aromatic carbocycles. The first-order valence-electron chi connectivity index (χ1n) is 9.89. The number of amides is 1. The molecule has 1 aromatic heterocycles. The number of nitrogens with two attached hydrogens (primary N) is 1. The molecule has 3 heterocycles. The van der Waals surface area contributed by atoms with Crippen LogP contribution in [0.2, 0.25) is 0 Å². The summed E-state index contributed by atoms with van der Waals surface area (Å²) in [5.74, 6) is 2.11. The number of hydrogen-bond donors (Lipinski definition) is 1. The first-order chi connectivity index (χ1) is 12.6. The van der Waals surface area contributed by atoms with Gasteiger partial charge in [-0.15, -0.1) is 0 Å². The molecule has 0 unspecified atom stereocenters. The van der Waals surface area contributed by atoms with Gasteiger partial charge in [-0.3, -0.25) is 4.79 Å². The molecule has 2 saturated heterocycles. The molecule has 7 nitrogen and oxygen atoms in total. The number of piperidine rings is 1. The van der Waals surface area contributed by atoms with E-state index in [1.165, 1.54) is 25.7 Å². The lowest BCUT2D eigenvalue weighted by Gasteiger charge is -2.47. The Balaban J connectivity index is 1.34. The zero-order valence-corrected chi connectivity index (χ0v) is 15.4. The van der Waals surface area contributed by atoms with Crippen LogP contribution in [0.5, 0.6) is 0 Å². The largest absolute Gasteiger partial charge is 0.384 e. The third-order valence-corrected chi connectivity index (χ3v) is 6.16. The first-order valence-corrected chi connectivity index (χ1v) is 9.89. The molecule has 3 fully saturated rings. The summed E-state index contributed by atoms with van der Waals surface area (Å²) in [6.45, 7) is 3.78. The van der Waals surface area contributed by atoms with Crippen molar-refractivity contribution in [2.45, 2.75) is 50.5 Å². The van der Waals surface area contributed by atoms with Crippen LogP contribution in [-0.2, 0) is 9.53 Å². The normalized spacial score (nSPS) is 23.5. The third kappa shape index (κ3) is 3.77. The summed E-state index contributed by atoms with van der Waals surface area (Å²) in [6.07, 6.45) is 9.21. The molecule has 1 aliphatic carbocycles. The van der Waals surface area contributed by atoms with Gasteiger partial charge in [-0.05, 0) is 37.7 Å². The highest BCUT2D eigenvalue weighted by Gasteiger charge is 2.41. The third-order valence-electron chi connectivity index (χ3n) is 6.16. The van der Waals surface area contributed by atoms with E-state index in [1.807, 2.05) is 4.90 Å². The lowest BCUT2D eigenvalue weighted by molar-refractivity contribution is -0.140. The van der Waals surface area contributed by atoms with Gasteiger partial charge in [-0.25, -0.2) is 4.98 Å². The topological polar surface area (TPSA) is 84.6 Å². The monoisotopic (exact) mass is 359 g/mol. The molecule has 3 aliphatic rings. The van der Waals surface area contributed by atoms with Gasteiger partial charge in [0.05, 0.1) is 18.8 Å². The highest BCUT2D eigenvalue weighted by atomic mass is 16.5. The smallest absolute Gasteiger partial charge is 0.227 e. The summed E-state index contributed by atoms with van der Waals surface area (Å²) in [4.78, 5) is 25.5. The second-order valence-electron chi connectivity index (χ2n) is 7.97. The van der Waals surface area contributed by atoms with E-state index in [0.717, 1.165) is 45.4 Å². The number of aromatic nitrogens is 2. The molecule has 142 valence electrons. The number of likely N-dealkylation sites (tertiary alicyclic amines) is 1. The molecule has 0 bridgehead atoms. The number of morpholine rings is 1. The maximum atomic E-state index is 12.6. The zero-order valence-electron chi connectivity index (χ0n) is 15.4. The van der Waals surface area contributed by atoms with Crippen molar-refractivity contribution in [2.24, 2.45) is 5.92 Å². The number of carbonyl (C=O) groups is 1. The van der Waals surface area contributed by atoms with Crippen molar-refractivity contribution in [1.82, 2.24) is 14.9 Å². The van der Waals surface area contributed by atoms with Crippen LogP contribution in [0.3, 0.4) is 0 Å². The van der Waals surface area contributed by atoms with Crippen molar-refractivity contribution in [3.8, 4) is 0 Å². The van der Waals surface area contributed by atoms with Gasteiger partial charge in [0.2, 0.25) is 11.9 Å². The predicted octanol–water partition coefficient (Wildman–Crippen LogP) is 1.84. The van der Waals surface area contributed by atoms with Gasteiger partial charge in [-0.1, -0.05) is 12.8 Å². The van der Waals surface area contributed by atoms with Gasteiger partial charge in [0.15, 0.2) is 0 Å². The van der Waals surface area contributed by atoms with E-state index in [2.05, 4.69) is 14.9 Å². The standard InChI is InChI=1S/C19H29N5O2/c20-16-5-8-21-18(22-16)24-11-12-26-19(14-24)6-9-23(10-7-19)17(25)13-15-3-1-2-4-15/h5,8,15H,1-4,6-7,9-14H2,(H2,20,21,22). The van der Waals surface area contributed by atoms with Gasteiger partial charge in [0.1, 0.15) is 5.82 Å². The van der Waals surface area contributed by atoms with E-state index in [0.29, 0.717) is 30.2 Å². The predicted molar refractivity (Wildman–Crippen MR) is 99.7 cm³/mol. The van der Waals surface area contributed by atoms with Gasteiger partial charge in [0.25, 0.3) is 0 Å². The van der Waals surface area contributed by atoms with Gasteiger partial charge >= 0.3 is 0 Å². The first kappa shape index (κ1) is 17.5. The minimum Gasteiger partial charge on any atom is -0.384 e. The summed E-state index contributed by atoms with van der Waals surface area (Å²) in [5.41, 5.74) is 5.60. The van der Waals surface area contributed by atoms with Crippen LogP contribution < -0.4 is 10.6 Å². The molecule has 26 heavy (non-hydrogen) atoms. The van der Waals surface area contributed by atoms with E-state index in [4.69, 9.17) is 10.5 Å².